The molecule has 142 valence electrons. The Morgan fingerprint density at radius 3 is 2.00 bits per heavy atom. The summed E-state index contributed by atoms with van der Waals surface area (Å²) < 4.78 is 0. The van der Waals surface area contributed by atoms with Crippen molar-refractivity contribution in [3.8, 4) is 5.75 Å². The summed E-state index contributed by atoms with van der Waals surface area (Å²) in [5, 5.41) is 20.6. The van der Waals surface area contributed by atoms with Gasteiger partial charge in [0.1, 0.15) is 5.75 Å². The van der Waals surface area contributed by atoms with Gasteiger partial charge in [-0.15, -0.1) is 0 Å². The highest BCUT2D eigenvalue weighted by atomic mass is 16.3. The van der Waals surface area contributed by atoms with Gasteiger partial charge in [0.05, 0.1) is 12.8 Å². The van der Waals surface area contributed by atoms with Gasteiger partial charge in [-0.1, -0.05) is 51.7 Å². The smallest absolute Gasteiger partial charge is 0.124 e. The zero-order chi connectivity index (χ0) is 18.2. The fraction of sp³-hybridized carbons (Fsp3) is 0.714. The second-order valence-electron chi connectivity index (χ2n) is 7.32. The van der Waals surface area contributed by atoms with Crippen LogP contribution in [0.15, 0.2) is 12.1 Å². The van der Waals surface area contributed by atoms with E-state index in [2.05, 4.69) is 23.6 Å². The highest BCUT2D eigenvalue weighted by molar-refractivity contribution is 5.47. The van der Waals surface area contributed by atoms with Crippen LogP contribution >= 0.6 is 0 Å². The largest absolute Gasteiger partial charge is 0.507 e. The second-order valence-corrected chi connectivity index (χ2v) is 7.32. The minimum absolute atomic E-state index is 0.0225. The van der Waals surface area contributed by atoms with Crippen LogP contribution in [0.2, 0.25) is 0 Å². The van der Waals surface area contributed by atoms with Crippen molar-refractivity contribution in [2.24, 2.45) is 0 Å². The molecule has 2 N–H and O–H groups in total. The molecule has 1 aromatic rings. The van der Waals surface area contributed by atoms with Gasteiger partial charge in [-0.05, 0) is 30.9 Å². The summed E-state index contributed by atoms with van der Waals surface area (Å²) in [5.41, 5.74) is 2.67. The molecule has 25 heavy (non-hydrogen) atoms. The quantitative estimate of drug-likeness (QED) is 0.623. The number of aliphatic hydroxyl groups excluding tert-OH is 1. The van der Waals surface area contributed by atoms with Gasteiger partial charge in [0, 0.05) is 31.7 Å². The molecule has 1 aromatic carbocycles. The van der Waals surface area contributed by atoms with Gasteiger partial charge in [-0.2, -0.15) is 0 Å². The zero-order valence-electron chi connectivity index (χ0n) is 16.3. The average molecular weight is 349 g/mol. The van der Waals surface area contributed by atoms with Crippen molar-refractivity contribution in [3.63, 3.8) is 0 Å². The zero-order valence-corrected chi connectivity index (χ0v) is 16.3. The predicted molar refractivity (Wildman–Crippen MR) is 104 cm³/mol. The number of benzene rings is 1. The number of aliphatic hydroxyl groups is 1. The summed E-state index contributed by atoms with van der Waals surface area (Å²) in [6.45, 7) is 10.6. The fourth-order valence-electron chi connectivity index (χ4n) is 3.88. The van der Waals surface area contributed by atoms with Crippen LogP contribution in [-0.4, -0.2) is 46.2 Å². The molecule has 0 bridgehead atoms. The van der Waals surface area contributed by atoms with Crippen LogP contribution in [0, 0.1) is 6.92 Å². The molecule has 2 rings (SSSR count). The topological polar surface area (TPSA) is 46.9 Å². The maximum atomic E-state index is 10.8. The van der Waals surface area contributed by atoms with Crippen LogP contribution in [0.4, 0.5) is 0 Å². The van der Waals surface area contributed by atoms with Gasteiger partial charge in [0.15, 0.2) is 0 Å². The number of unbranched alkanes of at least 4 members (excludes halogenated alkanes) is 4. The molecule has 0 spiro atoms. The molecule has 1 aliphatic rings. The van der Waals surface area contributed by atoms with Gasteiger partial charge in [-0.25, -0.2) is 0 Å². The lowest BCUT2D eigenvalue weighted by molar-refractivity contribution is 0.127. The van der Waals surface area contributed by atoms with Crippen molar-refractivity contribution in [1.82, 2.24) is 9.80 Å². The summed E-state index contributed by atoms with van der Waals surface area (Å²) in [5.74, 6) is 0.361. The molecule has 1 fully saturated rings. The SMILES string of the molecule is CCCCCN1CCN(CCCCC)C1c1c(CO)ccc(C)c1O. The van der Waals surface area contributed by atoms with Crippen molar-refractivity contribution in [1.29, 1.82) is 0 Å². The number of phenols is 1. The van der Waals surface area contributed by atoms with Crippen molar-refractivity contribution >= 4 is 0 Å². The maximum absolute atomic E-state index is 10.8. The van der Waals surface area contributed by atoms with Gasteiger partial charge in [-0.3, -0.25) is 9.80 Å². The highest BCUT2D eigenvalue weighted by Gasteiger charge is 2.35. The monoisotopic (exact) mass is 348 g/mol. The number of nitrogens with zero attached hydrogens (tertiary/aromatic N) is 2. The third kappa shape index (κ3) is 4.96. The maximum Gasteiger partial charge on any atom is 0.124 e. The molecule has 0 aliphatic carbocycles. The molecule has 1 saturated heterocycles. The first-order valence-electron chi connectivity index (χ1n) is 10.0. The lowest BCUT2D eigenvalue weighted by Gasteiger charge is -2.33. The standard InChI is InChI=1S/C21H36N2O2/c1-4-6-8-12-22-14-15-23(13-9-7-5-2)21(22)19-18(16-24)11-10-17(3)20(19)25/h10-11,21,24-25H,4-9,12-16H2,1-3H3. The summed E-state index contributed by atoms with van der Waals surface area (Å²) in [7, 11) is 0. The van der Waals surface area contributed by atoms with Crippen LogP contribution in [0.3, 0.4) is 0 Å². The van der Waals surface area contributed by atoms with E-state index in [0.717, 1.165) is 42.9 Å². The number of rotatable bonds is 10. The lowest BCUT2D eigenvalue weighted by Crippen LogP contribution is -2.33. The van der Waals surface area contributed by atoms with E-state index in [1.807, 2.05) is 19.1 Å². The van der Waals surface area contributed by atoms with E-state index in [0.29, 0.717) is 5.75 Å². The first kappa shape index (κ1) is 20.2. The average Bonchev–Trinajstić information content (AvgIpc) is 3.00. The normalized spacial score (nSPS) is 16.8. The molecule has 0 aromatic heterocycles. The van der Waals surface area contributed by atoms with Crippen LogP contribution in [0.1, 0.15) is 75.2 Å². The Hall–Kier alpha value is -1.10. The van der Waals surface area contributed by atoms with Crippen molar-refractivity contribution in [2.75, 3.05) is 26.2 Å². The van der Waals surface area contributed by atoms with E-state index in [-0.39, 0.29) is 12.8 Å². The first-order chi connectivity index (χ1) is 12.1. The second kappa shape index (κ2) is 10.1. The number of aryl methyl sites for hydroxylation is 1. The van der Waals surface area contributed by atoms with Crippen LogP contribution < -0.4 is 0 Å². The Morgan fingerprint density at radius 2 is 1.52 bits per heavy atom. The molecule has 0 radical (unpaired) electrons. The first-order valence-corrected chi connectivity index (χ1v) is 10.0. The Morgan fingerprint density at radius 1 is 0.960 bits per heavy atom. The van der Waals surface area contributed by atoms with Crippen LogP contribution in [-0.2, 0) is 6.61 Å². The number of hydrogen-bond acceptors (Lipinski definition) is 4. The van der Waals surface area contributed by atoms with E-state index in [1.165, 1.54) is 38.5 Å². The predicted octanol–water partition coefficient (Wildman–Crippen LogP) is 4.19. The molecule has 0 unspecified atom stereocenters. The van der Waals surface area contributed by atoms with E-state index >= 15 is 0 Å². The van der Waals surface area contributed by atoms with Gasteiger partial charge in [0.25, 0.3) is 0 Å². The third-order valence-corrected chi connectivity index (χ3v) is 5.40. The molecule has 1 aliphatic heterocycles. The fourth-order valence-corrected chi connectivity index (χ4v) is 3.88. The Balaban J connectivity index is 2.29. The van der Waals surface area contributed by atoms with Crippen LogP contribution in [0.5, 0.6) is 5.75 Å². The summed E-state index contributed by atoms with van der Waals surface area (Å²) >= 11 is 0. The molecule has 0 amide bonds. The molecule has 0 saturated carbocycles. The molecule has 0 atom stereocenters. The van der Waals surface area contributed by atoms with Crippen molar-refractivity contribution in [3.05, 3.63) is 28.8 Å². The number of aromatic hydroxyl groups is 1. The van der Waals surface area contributed by atoms with Crippen LogP contribution in [0.25, 0.3) is 0 Å². The highest BCUT2D eigenvalue weighted by Crippen LogP contribution is 2.39. The third-order valence-electron chi connectivity index (χ3n) is 5.40. The lowest BCUT2D eigenvalue weighted by atomic mass is 9.99. The van der Waals surface area contributed by atoms with Gasteiger partial charge < -0.3 is 10.2 Å². The molecule has 4 nitrogen and oxygen atoms in total. The Bertz CT molecular complexity index is 515. The Labute approximate surface area is 153 Å². The van der Waals surface area contributed by atoms with E-state index in [1.54, 1.807) is 0 Å². The number of hydrogen-bond donors (Lipinski definition) is 2. The molecular formula is C21H36N2O2. The van der Waals surface area contributed by atoms with Gasteiger partial charge in [0.2, 0.25) is 0 Å². The molecule has 1 heterocycles. The summed E-state index contributed by atoms with van der Waals surface area (Å²) in [6, 6.07) is 3.87. The van der Waals surface area contributed by atoms with E-state index in [4.69, 9.17) is 0 Å². The Kier molecular flexibility index (Phi) is 8.20. The van der Waals surface area contributed by atoms with Gasteiger partial charge >= 0.3 is 0 Å². The van der Waals surface area contributed by atoms with Crippen molar-refractivity contribution in [2.45, 2.75) is 72.1 Å². The van der Waals surface area contributed by atoms with Crippen molar-refractivity contribution < 1.29 is 10.2 Å². The minimum atomic E-state index is -0.0225. The molecule has 4 heteroatoms. The van der Waals surface area contributed by atoms with E-state index in [9.17, 15) is 10.2 Å². The minimum Gasteiger partial charge on any atom is -0.507 e. The van der Waals surface area contributed by atoms with E-state index < -0.39 is 0 Å². The molecular weight excluding hydrogens is 312 g/mol. The number of phenolic OH excluding ortho intramolecular Hbond substituents is 1. The summed E-state index contributed by atoms with van der Waals surface area (Å²) in [4.78, 5) is 4.99. The summed E-state index contributed by atoms with van der Waals surface area (Å²) in [6.07, 6.45) is 7.40.